The lowest BCUT2D eigenvalue weighted by Gasteiger charge is -2.30. The number of anilines is 1. The van der Waals surface area contributed by atoms with Crippen LogP contribution in [0.4, 0.5) is 5.69 Å². The Kier molecular flexibility index (Phi) is 2.80. The summed E-state index contributed by atoms with van der Waals surface area (Å²) in [6.45, 7) is 2.55. The molecule has 0 fully saturated rings. The zero-order valence-corrected chi connectivity index (χ0v) is 11.3. The van der Waals surface area contributed by atoms with Crippen molar-refractivity contribution in [2.45, 2.75) is 13.1 Å². The Morgan fingerprint density at radius 1 is 1.33 bits per heavy atom. The topological polar surface area (TPSA) is 44.9 Å². The van der Waals surface area contributed by atoms with Gasteiger partial charge in [-0.15, -0.1) is 0 Å². The van der Waals surface area contributed by atoms with Crippen LogP contribution in [0, 0.1) is 11.3 Å². The van der Waals surface area contributed by atoms with Crippen molar-refractivity contribution < 1.29 is 0 Å². The van der Waals surface area contributed by atoms with Gasteiger partial charge in [-0.1, -0.05) is 15.9 Å². The van der Waals surface area contributed by atoms with Crippen LogP contribution in [0.15, 0.2) is 35.1 Å². The third kappa shape index (κ3) is 1.89. The Bertz CT molecular complexity index is 626. The number of nitriles is 1. The fourth-order valence-electron chi connectivity index (χ4n) is 2.24. The molecule has 0 N–H and O–H groups in total. The van der Waals surface area contributed by atoms with Crippen molar-refractivity contribution in [3.8, 4) is 6.07 Å². The van der Waals surface area contributed by atoms with Gasteiger partial charge in [0.2, 0.25) is 0 Å². The summed E-state index contributed by atoms with van der Waals surface area (Å²) in [5.41, 5.74) is 1.68. The summed E-state index contributed by atoms with van der Waals surface area (Å²) in [6.07, 6.45) is 3.82. The third-order valence-electron chi connectivity index (χ3n) is 3.17. The van der Waals surface area contributed by atoms with Gasteiger partial charge in [0.15, 0.2) is 0 Å². The van der Waals surface area contributed by atoms with Gasteiger partial charge in [0.25, 0.3) is 0 Å². The van der Waals surface area contributed by atoms with E-state index in [4.69, 9.17) is 0 Å². The fourth-order valence-corrected chi connectivity index (χ4v) is 2.59. The minimum atomic E-state index is 0.707. The molecule has 0 saturated heterocycles. The number of hydrogen-bond acceptors (Lipinski definition) is 3. The second-order valence-corrected chi connectivity index (χ2v) is 5.15. The highest BCUT2D eigenvalue weighted by Crippen LogP contribution is 2.27. The summed E-state index contributed by atoms with van der Waals surface area (Å²) >= 11 is 3.46. The van der Waals surface area contributed by atoms with E-state index in [1.807, 2.05) is 30.6 Å². The number of benzene rings is 1. The Hall–Kier alpha value is -1.80. The molecule has 2 heterocycles. The van der Waals surface area contributed by atoms with Crippen molar-refractivity contribution in [1.82, 2.24) is 9.55 Å². The van der Waals surface area contributed by atoms with E-state index in [1.54, 1.807) is 0 Å². The number of aromatic nitrogens is 2. The van der Waals surface area contributed by atoms with Crippen LogP contribution in [0.3, 0.4) is 0 Å². The molecule has 0 saturated carbocycles. The molecular weight excluding hydrogens is 292 g/mol. The van der Waals surface area contributed by atoms with Crippen LogP contribution in [0.1, 0.15) is 11.4 Å². The molecule has 0 spiro atoms. The summed E-state index contributed by atoms with van der Waals surface area (Å²) < 4.78 is 3.14. The predicted octanol–water partition coefficient (Wildman–Crippen LogP) is 2.54. The van der Waals surface area contributed by atoms with Gasteiger partial charge in [-0.2, -0.15) is 5.26 Å². The minimum absolute atomic E-state index is 0.707. The molecule has 0 bridgehead atoms. The van der Waals surface area contributed by atoms with Gasteiger partial charge in [0.1, 0.15) is 11.9 Å². The number of rotatable bonds is 1. The summed E-state index contributed by atoms with van der Waals surface area (Å²) in [5.74, 6) is 1.05. The van der Waals surface area contributed by atoms with Crippen LogP contribution >= 0.6 is 15.9 Å². The molecule has 0 radical (unpaired) electrons. The van der Waals surface area contributed by atoms with Crippen LogP contribution in [0.25, 0.3) is 0 Å². The molecule has 3 rings (SSSR count). The Labute approximate surface area is 114 Å². The van der Waals surface area contributed by atoms with Crippen LogP contribution < -0.4 is 4.90 Å². The molecule has 2 aromatic rings. The molecule has 18 heavy (non-hydrogen) atoms. The predicted molar refractivity (Wildman–Crippen MR) is 72.1 cm³/mol. The Morgan fingerprint density at radius 2 is 2.22 bits per heavy atom. The largest absolute Gasteiger partial charge is 0.361 e. The van der Waals surface area contributed by atoms with E-state index < -0.39 is 0 Å². The first kappa shape index (κ1) is 11.3. The van der Waals surface area contributed by atoms with Gasteiger partial charge in [0.05, 0.1) is 17.8 Å². The lowest BCUT2D eigenvalue weighted by atomic mass is 10.1. The first-order valence-corrected chi connectivity index (χ1v) is 6.52. The molecule has 1 aliphatic heterocycles. The first-order valence-electron chi connectivity index (χ1n) is 5.72. The number of halogens is 1. The summed E-state index contributed by atoms with van der Waals surface area (Å²) in [7, 11) is 0. The molecule has 5 heteroatoms. The van der Waals surface area contributed by atoms with Gasteiger partial charge < -0.3 is 9.47 Å². The molecular formula is C13H11BrN4. The van der Waals surface area contributed by atoms with Gasteiger partial charge >= 0.3 is 0 Å². The number of hydrogen-bond donors (Lipinski definition) is 0. The van der Waals surface area contributed by atoms with Crippen molar-refractivity contribution in [3.05, 3.63) is 46.5 Å². The SMILES string of the molecule is N#Cc1ccc(Br)cc1N1CCn2ccnc2C1. The van der Waals surface area contributed by atoms with Gasteiger partial charge in [0, 0.05) is 30.0 Å². The second kappa shape index (κ2) is 4.46. The minimum Gasteiger partial charge on any atom is -0.361 e. The highest BCUT2D eigenvalue weighted by atomic mass is 79.9. The second-order valence-electron chi connectivity index (χ2n) is 4.23. The first-order chi connectivity index (χ1) is 8.78. The molecule has 1 aliphatic rings. The molecule has 1 aromatic carbocycles. The van der Waals surface area contributed by atoms with Crippen molar-refractivity contribution in [2.75, 3.05) is 11.4 Å². The van der Waals surface area contributed by atoms with E-state index in [-0.39, 0.29) is 0 Å². The number of fused-ring (bicyclic) bond motifs is 1. The van der Waals surface area contributed by atoms with E-state index >= 15 is 0 Å². The van der Waals surface area contributed by atoms with Crippen LogP contribution in [-0.4, -0.2) is 16.1 Å². The highest BCUT2D eigenvalue weighted by Gasteiger charge is 2.19. The van der Waals surface area contributed by atoms with E-state index in [0.717, 1.165) is 35.6 Å². The smallest absolute Gasteiger partial charge is 0.128 e. The third-order valence-corrected chi connectivity index (χ3v) is 3.66. The van der Waals surface area contributed by atoms with Crippen molar-refractivity contribution in [2.24, 2.45) is 0 Å². The van der Waals surface area contributed by atoms with E-state index in [9.17, 15) is 5.26 Å². The maximum Gasteiger partial charge on any atom is 0.128 e. The maximum atomic E-state index is 9.18. The van der Waals surface area contributed by atoms with Gasteiger partial charge in [-0.25, -0.2) is 4.98 Å². The normalized spacial score (nSPS) is 14.1. The zero-order chi connectivity index (χ0) is 12.5. The zero-order valence-electron chi connectivity index (χ0n) is 9.67. The average Bonchev–Trinajstić information content (AvgIpc) is 2.85. The molecule has 0 atom stereocenters. The molecule has 4 nitrogen and oxygen atoms in total. The van der Waals surface area contributed by atoms with Crippen LogP contribution in [-0.2, 0) is 13.1 Å². The average molecular weight is 303 g/mol. The lowest BCUT2D eigenvalue weighted by molar-refractivity contribution is 0.560. The molecule has 0 unspecified atom stereocenters. The van der Waals surface area contributed by atoms with Crippen LogP contribution in [0.2, 0.25) is 0 Å². The Balaban J connectivity index is 1.98. The van der Waals surface area contributed by atoms with Crippen LogP contribution in [0.5, 0.6) is 0 Å². The lowest BCUT2D eigenvalue weighted by Crippen LogP contribution is -2.34. The van der Waals surface area contributed by atoms with E-state index in [0.29, 0.717) is 5.56 Å². The van der Waals surface area contributed by atoms with E-state index in [1.165, 1.54) is 0 Å². The summed E-state index contributed by atoms with van der Waals surface area (Å²) in [6, 6.07) is 7.99. The monoisotopic (exact) mass is 302 g/mol. The molecule has 90 valence electrons. The van der Waals surface area contributed by atoms with Gasteiger partial charge in [-0.3, -0.25) is 0 Å². The number of imidazole rings is 1. The number of nitrogens with zero attached hydrogens (tertiary/aromatic N) is 4. The van der Waals surface area contributed by atoms with Crippen molar-refractivity contribution in [1.29, 1.82) is 5.26 Å². The quantitative estimate of drug-likeness (QED) is 0.813. The maximum absolute atomic E-state index is 9.18. The fraction of sp³-hybridized carbons (Fsp3) is 0.231. The van der Waals surface area contributed by atoms with Gasteiger partial charge in [-0.05, 0) is 18.2 Å². The Morgan fingerprint density at radius 3 is 3.06 bits per heavy atom. The summed E-state index contributed by atoms with van der Waals surface area (Å²) in [5, 5.41) is 9.18. The van der Waals surface area contributed by atoms with Crippen molar-refractivity contribution in [3.63, 3.8) is 0 Å². The van der Waals surface area contributed by atoms with Crippen molar-refractivity contribution >= 4 is 21.6 Å². The molecule has 1 aromatic heterocycles. The highest BCUT2D eigenvalue weighted by molar-refractivity contribution is 9.10. The summed E-state index contributed by atoms with van der Waals surface area (Å²) in [4.78, 5) is 6.54. The molecule has 0 amide bonds. The van der Waals surface area contributed by atoms with E-state index in [2.05, 4.69) is 36.5 Å². The molecule has 0 aliphatic carbocycles. The standard InChI is InChI=1S/C13H11BrN4/c14-11-2-1-10(8-15)12(7-11)18-6-5-17-4-3-16-13(17)9-18/h1-4,7H,5-6,9H2.